The van der Waals surface area contributed by atoms with Crippen LogP contribution in [-0.4, -0.2) is 11.5 Å². The third kappa shape index (κ3) is 4.15. The molecule has 108 valence electrons. The molecule has 0 aliphatic carbocycles. The monoisotopic (exact) mass is 288 g/mol. The first-order valence-electron chi connectivity index (χ1n) is 7.46. The van der Waals surface area contributed by atoms with Crippen LogP contribution in [0.4, 0.5) is 0 Å². The molecule has 0 aromatic carbocycles. The molecule has 2 heterocycles. The Morgan fingerprint density at radius 3 is 2.60 bits per heavy atom. The molecule has 2 aromatic heterocycles. The van der Waals surface area contributed by atoms with E-state index >= 15 is 0 Å². The molecule has 1 unspecified atom stereocenters. The Hall–Kier alpha value is -1.19. The standard InChI is InChI=1S/C17H24N2S/c1-4-10-18-16(17-9-6-13(3)20-17)11-15-8-7-14(5-2)12-19-15/h6-9,12,16,18H,4-5,10-11H2,1-3H3. The molecule has 0 aliphatic rings. The summed E-state index contributed by atoms with van der Waals surface area (Å²) in [6.07, 6.45) is 5.17. The summed E-state index contributed by atoms with van der Waals surface area (Å²) >= 11 is 1.88. The van der Waals surface area contributed by atoms with E-state index in [1.807, 2.05) is 17.5 Å². The summed E-state index contributed by atoms with van der Waals surface area (Å²) < 4.78 is 0. The van der Waals surface area contributed by atoms with Crippen LogP contribution in [0.15, 0.2) is 30.5 Å². The molecule has 3 heteroatoms. The predicted molar refractivity (Wildman–Crippen MR) is 87.4 cm³/mol. The lowest BCUT2D eigenvalue weighted by atomic mass is 10.1. The van der Waals surface area contributed by atoms with Gasteiger partial charge in [0.1, 0.15) is 0 Å². The Morgan fingerprint density at radius 2 is 2.05 bits per heavy atom. The summed E-state index contributed by atoms with van der Waals surface area (Å²) in [4.78, 5) is 7.38. The Labute approximate surface area is 126 Å². The molecular formula is C17H24N2S. The van der Waals surface area contributed by atoms with Crippen molar-refractivity contribution in [2.45, 2.75) is 46.1 Å². The first-order chi connectivity index (χ1) is 9.72. The van der Waals surface area contributed by atoms with Gasteiger partial charge in [0, 0.05) is 34.1 Å². The van der Waals surface area contributed by atoms with E-state index in [1.165, 1.54) is 21.0 Å². The van der Waals surface area contributed by atoms with Crippen LogP contribution in [-0.2, 0) is 12.8 Å². The van der Waals surface area contributed by atoms with E-state index in [0.29, 0.717) is 6.04 Å². The first-order valence-corrected chi connectivity index (χ1v) is 8.28. The molecule has 2 nitrogen and oxygen atoms in total. The molecule has 1 atom stereocenters. The highest BCUT2D eigenvalue weighted by Gasteiger charge is 2.14. The van der Waals surface area contributed by atoms with Gasteiger partial charge in [-0.1, -0.05) is 19.9 Å². The van der Waals surface area contributed by atoms with Crippen molar-refractivity contribution in [3.05, 3.63) is 51.5 Å². The van der Waals surface area contributed by atoms with E-state index in [-0.39, 0.29) is 0 Å². The van der Waals surface area contributed by atoms with Crippen molar-refractivity contribution in [2.24, 2.45) is 0 Å². The maximum absolute atomic E-state index is 4.59. The quantitative estimate of drug-likeness (QED) is 0.821. The normalized spacial score (nSPS) is 12.6. The van der Waals surface area contributed by atoms with Crippen molar-refractivity contribution in [3.63, 3.8) is 0 Å². The van der Waals surface area contributed by atoms with E-state index in [1.54, 1.807) is 0 Å². The lowest BCUT2D eigenvalue weighted by Gasteiger charge is -2.17. The van der Waals surface area contributed by atoms with E-state index in [0.717, 1.165) is 25.8 Å². The van der Waals surface area contributed by atoms with Gasteiger partial charge in [-0.2, -0.15) is 0 Å². The number of hydrogen-bond acceptors (Lipinski definition) is 3. The van der Waals surface area contributed by atoms with Crippen LogP contribution in [0.25, 0.3) is 0 Å². The third-order valence-corrected chi connectivity index (χ3v) is 4.57. The number of nitrogens with zero attached hydrogens (tertiary/aromatic N) is 1. The number of hydrogen-bond donors (Lipinski definition) is 1. The first kappa shape index (κ1) is 15.2. The van der Waals surface area contributed by atoms with Gasteiger partial charge in [0.2, 0.25) is 0 Å². The van der Waals surface area contributed by atoms with Gasteiger partial charge >= 0.3 is 0 Å². The number of aryl methyl sites for hydroxylation is 2. The Bertz CT molecular complexity index is 516. The second-order valence-corrected chi connectivity index (χ2v) is 6.49. The van der Waals surface area contributed by atoms with Crippen molar-refractivity contribution < 1.29 is 0 Å². The number of nitrogens with one attached hydrogen (secondary N) is 1. The predicted octanol–water partition coefficient (Wildman–Crippen LogP) is 4.30. The smallest absolute Gasteiger partial charge is 0.0470 e. The van der Waals surface area contributed by atoms with Crippen molar-refractivity contribution >= 4 is 11.3 Å². The topological polar surface area (TPSA) is 24.9 Å². The summed E-state index contributed by atoms with van der Waals surface area (Å²) in [5.74, 6) is 0. The highest BCUT2D eigenvalue weighted by atomic mass is 32.1. The molecule has 0 amide bonds. The van der Waals surface area contributed by atoms with Gasteiger partial charge in [0.25, 0.3) is 0 Å². The zero-order chi connectivity index (χ0) is 14.4. The van der Waals surface area contributed by atoms with Gasteiger partial charge in [0.05, 0.1) is 0 Å². The Kier molecular flexibility index (Phi) is 5.74. The van der Waals surface area contributed by atoms with Crippen LogP contribution < -0.4 is 5.32 Å². The fourth-order valence-electron chi connectivity index (χ4n) is 2.23. The van der Waals surface area contributed by atoms with Crippen molar-refractivity contribution in [2.75, 3.05) is 6.54 Å². The second kappa shape index (κ2) is 7.55. The molecule has 0 bridgehead atoms. The fraction of sp³-hybridized carbons (Fsp3) is 0.471. The molecule has 0 saturated heterocycles. The molecule has 0 fully saturated rings. The number of rotatable bonds is 7. The Balaban J connectivity index is 2.10. The molecule has 0 saturated carbocycles. The molecule has 2 rings (SSSR count). The molecule has 2 aromatic rings. The second-order valence-electron chi connectivity index (χ2n) is 5.17. The van der Waals surface area contributed by atoms with Gasteiger partial charge in [-0.05, 0) is 50.1 Å². The van der Waals surface area contributed by atoms with Crippen molar-refractivity contribution in [3.8, 4) is 0 Å². The SMILES string of the molecule is CCCNC(Cc1ccc(CC)cn1)c1ccc(C)s1. The Morgan fingerprint density at radius 1 is 1.20 bits per heavy atom. The molecule has 0 spiro atoms. The lowest BCUT2D eigenvalue weighted by Crippen LogP contribution is -2.23. The van der Waals surface area contributed by atoms with Gasteiger partial charge in [-0.3, -0.25) is 4.98 Å². The van der Waals surface area contributed by atoms with Crippen LogP contribution in [0.1, 0.15) is 47.3 Å². The van der Waals surface area contributed by atoms with E-state index in [2.05, 4.69) is 55.3 Å². The van der Waals surface area contributed by atoms with Gasteiger partial charge in [-0.15, -0.1) is 11.3 Å². The number of pyridine rings is 1. The zero-order valence-electron chi connectivity index (χ0n) is 12.6. The highest BCUT2D eigenvalue weighted by molar-refractivity contribution is 7.12. The average molecular weight is 288 g/mol. The third-order valence-electron chi connectivity index (χ3n) is 3.45. The summed E-state index contributed by atoms with van der Waals surface area (Å²) in [6.45, 7) is 7.59. The van der Waals surface area contributed by atoms with E-state index in [4.69, 9.17) is 0 Å². The van der Waals surface area contributed by atoms with Crippen LogP contribution in [0.3, 0.4) is 0 Å². The van der Waals surface area contributed by atoms with Gasteiger partial charge in [-0.25, -0.2) is 0 Å². The molecule has 0 radical (unpaired) electrons. The fourth-order valence-corrected chi connectivity index (χ4v) is 3.18. The van der Waals surface area contributed by atoms with E-state index in [9.17, 15) is 0 Å². The largest absolute Gasteiger partial charge is 0.309 e. The maximum atomic E-state index is 4.59. The van der Waals surface area contributed by atoms with Crippen LogP contribution >= 0.6 is 11.3 Å². The summed E-state index contributed by atoms with van der Waals surface area (Å²) in [5.41, 5.74) is 2.47. The molecule has 1 N–H and O–H groups in total. The van der Waals surface area contributed by atoms with Crippen LogP contribution in [0.5, 0.6) is 0 Å². The summed E-state index contributed by atoms with van der Waals surface area (Å²) in [7, 11) is 0. The average Bonchev–Trinajstić information content (AvgIpc) is 2.90. The number of aromatic nitrogens is 1. The lowest BCUT2D eigenvalue weighted by molar-refractivity contribution is 0.531. The van der Waals surface area contributed by atoms with Gasteiger partial charge in [0.15, 0.2) is 0 Å². The minimum atomic E-state index is 0.383. The highest BCUT2D eigenvalue weighted by Crippen LogP contribution is 2.25. The van der Waals surface area contributed by atoms with Crippen molar-refractivity contribution in [1.82, 2.24) is 10.3 Å². The minimum Gasteiger partial charge on any atom is -0.309 e. The van der Waals surface area contributed by atoms with Gasteiger partial charge < -0.3 is 5.32 Å². The molecule has 20 heavy (non-hydrogen) atoms. The minimum absolute atomic E-state index is 0.383. The van der Waals surface area contributed by atoms with Crippen LogP contribution in [0.2, 0.25) is 0 Å². The zero-order valence-corrected chi connectivity index (χ0v) is 13.5. The van der Waals surface area contributed by atoms with Crippen LogP contribution in [0, 0.1) is 6.92 Å². The summed E-state index contributed by atoms with van der Waals surface area (Å²) in [6, 6.07) is 9.19. The van der Waals surface area contributed by atoms with Crippen molar-refractivity contribution in [1.29, 1.82) is 0 Å². The van der Waals surface area contributed by atoms with E-state index < -0.39 is 0 Å². The molecular weight excluding hydrogens is 264 g/mol. The summed E-state index contributed by atoms with van der Waals surface area (Å²) in [5, 5.41) is 3.65. The number of thiophene rings is 1. The maximum Gasteiger partial charge on any atom is 0.0470 e. The molecule has 0 aliphatic heterocycles.